The number of nitrogens with zero attached hydrogens (tertiary/aromatic N) is 1. The maximum absolute atomic E-state index is 9.43. The molecule has 0 aromatic carbocycles. The van der Waals surface area contributed by atoms with Gasteiger partial charge in [0.1, 0.15) is 0 Å². The zero-order chi connectivity index (χ0) is 22.2. The third-order valence-electron chi connectivity index (χ3n) is 5.87. The number of β-amino-alcohol motifs (C(OH)–C–C–N with tert-alkyl or cyclic N) is 1. The predicted molar refractivity (Wildman–Crippen MR) is 130 cm³/mol. The lowest BCUT2D eigenvalue weighted by molar-refractivity contribution is 0.0335. The summed E-state index contributed by atoms with van der Waals surface area (Å²) < 4.78 is 4.87. The first kappa shape index (κ1) is 27.1. The van der Waals surface area contributed by atoms with Crippen LogP contribution in [0.15, 0.2) is 48.1 Å². The van der Waals surface area contributed by atoms with Crippen LogP contribution in [-0.2, 0) is 4.74 Å². The monoisotopic (exact) mass is 438 g/mol. The number of unbranched alkanes of at least 4 members (excludes halogenated alkanes) is 1. The second kappa shape index (κ2) is 15.8. The zero-order valence-corrected chi connectivity index (χ0v) is 19.9. The summed E-state index contributed by atoms with van der Waals surface area (Å²) in [4.78, 5) is 2.31. The van der Waals surface area contributed by atoms with Crippen molar-refractivity contribution in [1.29, 1.82) is 0 Å². The Morgan fingerprint density at radius 1 is 1.27 bits per heavy atom. The van der Waals surface area contributed by atoms with Gasteiger partial charge in [0, 0.05) is 24.1 Å². The van der Waals surface area contributed by atoms with E-state index in [1.807, 2.05) is 12.2 Å². The predicted octanol–water partition coefficient (Wildman–Crippen LogP) is 5.06. The van der Waals surface area contributed by atoms with Crippen molar-refractivity contribution in [2.45, 2.75) is 58.0 Å². The molecule has 5 heteroatoms. The fraction of sp³-hybridized carbons (Fsp3) is 0.680. The van der Waals surface area contributed by atoms with E-state index in [-0.39, 0.29) is 11.5 Å². The number of likely N-dealkylation sites (tertiary alicyclic amines) is 1. The highest BCUT2D eigenvalue weighted by atomic mass is 35.5. The summed E-state index contributed by atoms with van der Waals surface area (Å²) in [7, 11) is 1.62. The Morgan fingerprint density at radius 2 is 1.93 bits per heavy atom. The molecule has 0 aromatic rings. The number of hydrogen-bond donors (Lipinski definition) is 2. The molecule has 2 aliphatic rings. The van der Waals surface area contributed by atoms with Gasteiger partial charge < -0.3 is 20.1 Å². The van der Waals surface area contributed by atoms with Crippen molar-refractivity contribution < 1.29 is 9.84 Å². The topological polar surface area (TPSA) is 44.7 Å². The van der Waals surface area contributed by atoms with Crippen LogP contribution < -0.4 is 5.32 Å². The van der Waals surface area contributed by atoms with Crippen molar-refractivity contribution in [1.82, 2.24) is 10.2 Å². The summed E-state index contributed by atoms with van der Waals surface area (Å²) in [5.74, 6) is 0. The van der Waals surface area contributed by atoms with Crippen molar-refractivity contribution in [2.75, 3.05) is 46.4 Å². The average molecular weight is 439 g/mol. The van der Waals surface area contributed by atoms with Gasteiger partial charge >= 0.3 is 0 Å². The number of rotatable bonds is 10. The lowest BCUT2D eigenvalue weighted by Crippen LogP contribution is -2.38. The van der Waals surface area contributed by atoms with Crippen LogP contribution in [0.5, 0.6) is 0 Å². The summed E-state index contributed by atoms with van der Waals surface area (Å²) in [6, 6.07) is 0. The second-order valence-corrected chi connectivity index (χ2v) is 8.71. The van der Waals surface area contributed by atoms with E-state index >= 15 is 0 Å². The van der Waals surface area contributed by atoms with Crippen LogP contribution in [0.2, 0.25) is 0 Å². The molecule has 2 fully saturated rings. The minimum Gasteiger partial charge on any atom is -0.389 e. The number of piperidine rings is 2. The molecule has 30 heavy (non-hydrogen) atoms. The summed E-state index contributed by atoms with van der Waals surface area (Å²) in [5.41, 5.74) is 1.23. The van der Waals surface area contributed by atoms with E-state index in [1.165, 1.54) is 24.8 Å². The fourth-order valence-corrected chi connectivity index (χ4v) is 4.45. The molecule has 4 nitrogen and oxygen atoms in total. The molecule has 0 saturated carbocycles. The average Bonchev–Trinajstić information content (AvgIpc) is 2.75. The van der Waals surface area contributed by atoms with Crippen LogP contribution in [0.3, 0.4) is 0 Å². The number of allylic oxidation sites excluding steroid dienone is 6. The Bertz CT molecular complexity index is 547. The molecule has 0 aromatic heterocycles. The Morgan fingerprint density at radius 3 is 2.47 bits per heavy atom. The zero-order valence-electron chi connectivity index (χ0n) is 19.2. The van der Waals surface area contributed by atoms with Crippen molar-refractivity contribution >= 4 is 11.6 Å². The van der Waals surface area contributed by atoms with Crippen LogP contribution in [0.25, 0.3) is 0 Å². The highest BCUT2D eigenvalue weighted by molar-refractivity contribution is 6.30. The molecular weight excluding hydrogens is 396 g/mol. The molecule has 1 unspecified atom stereocenters. The molecule has 0 bridgehead atoms. The molecule has 2 heterocycles. The first-order valence-electron chi connectivity index (χ1n) is 11.4. The van der Waals surface area contributed by atoms with E-state index < -0.39 is 0 Å². The number of aliphatic hydroxyl groups is 1. The number of methoxy groups -OCH3 is 1. The number of ether oxygens (including phenoxy) is 1. The molecule has 0 spiro atoms. The maximum Gasteiger partial charge on any atom is 0.0900 e. The van der Waals surface area contributed by atoms with Gasteiger partial charge in [0.2, 0.25) is 0 Å². The molecule has 0 aliphatic carbocycles. The second-order valence-electron chi connectivity index (χ2n) is 8.25. The molecular formula is C25H43ClN2O2. The summed E-state index contributed by atoms with van der Waals surface area (Å²) in [5, 5.41) is 13.6. The maximum atomic E-state index is 9.43. The van der Waals surface area contributed by atoms with Gasteiger partial charge in [-0.2, -0.15) is 0 Å². The molecule has 2 saturated heterocycles. The smallest absolute Gasteiger partial charge is 0.0900 e. The van der Waals surface area contributed by atoms with Crippen LogP contribution in [-0.4, -0.2) is 62.6 Å². The van der Waals surface area contributed by atoms with Gasteiger partial charge in [-0.1, -0.05) is 68.8 Å². The lowest BCUT2D eigenvalue weighted by Gasteiger charge is -2.38. The molecule has 0 amide bonds. The van der Waals surface area contributed by atoms with Gasteiger partial charge in [0.05, 0.1) is 12.7 Å². The minimum atomic E-state index is -0.312. The van der Waals surface area contributed by atoms with Crippen molar-refractivity contribution in [2.24, 2.45) is 5.41 Å². The highest BCUT2D eigenvalue weighted by Crippen LogP contribution is 2.45. The third-order valence-corrected chi connectivity index (χ3v) is 6.23. The normalized spacial score (nSPS) is 21.0. The summed E-state index contributed by atoms with van der Waals surface area (Å²) >= 11 is 6.34. The molecule has 2 aliphatic heterocycles. The van der Waals surface area contributed by atoms with Crippen molar-refractivity contribution in [3.8, 4) is 0 Å². The van der Waals surface area contributed by atoms with Crippen LogP contribution in [0.4, 0.5) is 0 Å². The van der Waals surface area contributed by atoms with Crippen LogP contribution >= 0.6 is 11.6 Å². The van der Waals surface area contributed by atoms with Gasteiger partial charge in [-0.3, -0.25) is 0 Å². The van der Waals surface area contributed by atoms with E-state index in [1.54, 1.807) is 7.11 Å². The minimum absolute atomic E-state index is 0.0680. The van der Waals surface area contributed by atoms with E-state index in [0.717, 1.165) is 63.4 Å². The largest absolute Gasteiger partial charge is 0.389 e. The number of aliphatic hydroxyl groups excluding tert-OH is 1. The number of hydrogen-bond acceptors (Lipinski definition) is 4. The lowest BCUT2D eigenvalue weighted by atomic mass is 9.72. The first-order valence-corrected chi connectivity index (χ1v) is 11.8. The molecule has 0 radical (unpaired) electrons. The Balaban J connectivity index is 0.000000325. The van der Waals surface area contributed by atoms with E-state index in [2.05, 4.69) is 42.5 Å². The third kappa shape index (κ3) is 9.49. The Hall–Kier alpha value is -0.910. The SMILES string of the molecule is C=C/C=C\C(=C/CCC)C1(C(=C)Cl)CCNCC1.COCC(O)CN1CCCCC1. The summed E-state index contributed by atoms with van der Waals surface area (Å²) in [6.07, 6.45) is 16.1. The van der Waals surface area contributed by atoms with Gasteiger partial charge in [-0.05, 0) is 63.9 Å². The standard InChI is InChI=1S/C16H24ClN.C9H19NO2/c1-4-6-8-15(9-7-5-2)16(14(3)17)10-12-18-13-11-16;1-12-8-9(11)7-10-5-3-2-4-6-10/h4,6,8-9,18H,1,3,5,7,10-13H2,2H3;9,11H,2-8H2,1H3/b8-6-,15-9+;. The van der Waals surface area contributed by atoms with Crippen LogP contribution in [0.1, 0.15) is 51.9 Å². The molecule has 2 rings (SSSR count). The summed E-state index contributed by atoms with van der Waals surface area (Å²) in [6.45, 7) is 15.5. The van der Waals surface area contributed by atoms with Crippen molar-refractivity contribution in [3.05, 3.63) is 48.1 Å². The van der Waals surface area contributed by atoms with Crippen molar-refractivity contribution in [3.63, 3.8) is 0 Å². The Labute approximate surface area is 189 Å². The Kier molecular flexibility index (Phi) is 14.3. The molecule has 1 atom stereocenters. The van der Waals surface area contributed by atoms with Gasteiger partial charge in [0.25, 0.3) is 0 Å². The van der Waals surface area contributed by atoms with Crippen LogP contribution in [0, 0.1) is 5.41 Å². The van der Waals surface area contributed by atoms with E-state index in [4.69, 9.17) is 16.3 Å². The first-order chi connectivity index (χ1) is 14.5. The number of nitrogens with one attached hydrogen (secondary N) is 1. The van der Waals surface area contributed by atoms with E-state index in [9.17, 15) is 5.11 Å². The van der Waals surface area contributed by atoms with Gasteiger partial charge in [-0.25, -0.2) is 0 Å². The molecule has 2 N–H and O–H groups in total. The fourth-order valence-electron chi connectivity index (χ4n) is 4.15. The molecule has 172 valence electrons. The number of halogens is 1. The quantitative estimate of drug-likeness (QED) is 0.468. The van der Waals surface area contributed by atoms with E-state index in [0.29, 0.717) is 6.61 Å². The van der Waals surface area contributed by atoms with Gasteiger partial charge in [0.15, 0.2) is 0 Å². The highest BCUT2D eigenvalue weighted by Gasteiger charge is 2.36. The van der Waals surface area contributed by atoms with Gasteiger partial charge in [-0.15, -0.1) is 0 Å².